The Hall–Kier alpha value is -2.58. The Kier molecular flexibility index (Phi) is 8.02. The van der Waals surface area contributed by atoms with Crippen LogP contribution in [0.1, 0.15) is 49.4 Å². The third-order valence-electron chi connectivity index (χ3n) is 7.57. The highest BCUT2D eigenvalue weighted by Gasteiger charge is 2.66. The van der Waals surface area contributed by atoms with E-state index in [-0.39, 0.29) is 45.5 Å². The highest BCUT2D eigenvalue weighted by molar-refractivity contribution is 7.91. The molecule has 0 aromatic heterocycles. The highest BCUT2D eigenvalue weighted by Crippen LogP contribution is 2.53. The van der Waals surface area contributed by atoms with Gasteiger partial charge in [-0.05, 0) is 61.2 Å². The molecular formula is C28H27Cl3F3N3O6S. The number of likely N-dealkylation sites (tertiary alicyclic amines) is 1. The molecule has 1 fully saturated rings. The van der Waals surface area contributed by atoms with Crippen molar-refractivity contribution in [3.63, 3.8) is 0 Å². The molecule has 2 amide bonds. The maximum atomic E-state index is 15.2. The minimum absolute atomic E-state index is 0.0577. The fourth-order valence-corrected chi connectivity index (χ4v) is 6.80. The number of sulfone groups is 1. The number of carbonyl (C=O) groups excluding carboxylic acids is 2. The van der Waals surface area contributed by atoms with Crippen LogP contribution in [-0.4, -0.2) is 72.9 Å². The number of amides is 2. The molecule has 238 valence electrons. The summed E-state index contributed by atoms with van der Waals surface area (Å²) < 4.78 is 80.1. The monoisotopic (exact) mass is 695 g/mol. The van der Waals surface area contributed by atoms with Crippen LogP contribution in [0.3, 0.4) is 0 Å². The van der Waals surface area contributed by atoms with E-state index in [2.05, 4.69) is 5.10 Å². The molecule has 1 saturated heterocycles. The van der Waals surface area contributed by atoms with Crippen molar-refractivity contribution in [2.24, 2.45) is 5.10 Å². The zero-order chi connectivity index (χ0) is 32.6. The van der Waals surface area contributed by atoms with Crippen LogP contribution < -0.4 is 0 Å². The van der Waals surface area contributed by atoms with Gasteiger partial charge in [0.2, 0.25) is 5.91 Å². The molecule has 1 spiro atoms. The molecule has 5 rings (SSSR count). The van der Waals surface area contributed by atoms with Crippen molar-refractivity contribution in [2.45, 2.75) is 56.7 Å². The van der Waals surface area contributed by atoms with Crippen molar-refractivity contribution < 1.29 is 40.7 Å². The van der Waals surface area contributed by atoms with E-state index in [0.29, 0.717) is 11.1 Å². The quantitative estimate of drug-likeness (QED) is 0.360. The largest absolute Gasteiger partial charge is 0.442 e. The zero-order valence-corrected chi connectivity index (χ0v) is 27.0. The van der Waals surface area contributed by atoms with E-state index >= 15 is 13.2 Å². The molecule has 0 saturated carbocycles. The van der Waals surface area contributed by atoms with Gasteiger partial charge in [0, 0.05) is 12.7 Å². The Morgan fingerprint density at radius 2 is 1.68 bits per heavy atom. The van der Waals surface area contributed by atoms with Crippen LogP contribution in [0.2, 0.25) is 15.1 Å². The molecule has 0 bridgehead atoms. The molecule has 0 N–H and O–H groups in total. The van der Waals surface area contributed by atoms with Gasteiger partial charge in [-0.15, -0.1) is 0 Å². The van der Waals surface area contributed by atoms with Gasteiger partial charge in [-0.3, -0.25) is 4.79 Å². The summed E-state index contributed by atoms with van der Waals surface area (Å²) in [6, 6.07) is 6.89. The number of benzene rings is 2. The van der Waals surface area contributed by atoms with Crippen molar-refractivity contribution in [1.82, 2.24) is 9.91 Å². The smallest absolute Gasteiger partial charge is 0.432 e. The van der Waals surface area contributed by atoms with Crippen LogP contribution in [0.15, 0.2) is 35.4 Å². The lowest BCUT2D eigenvalue weighted by molar-refractivity contribution is -0.226. The Balaban J connectivity index is 1.52. The SMILES string of the molecule is CC(C)(C)OC(=O)N1N=C(c2ccc3c(c2)COC32CN(C(=O)CS(C)(=O)=O)C2)CC1(c1cc(Cl)c(Cl)c(Cl)c1)C(F)(F)F. The van der Waals surface area contributed by atoms with Crippen molar-refractivity contribution in [2.75, 3.05) is 25.1 Å². The van der Waals surface area contributed by atoms with Crippen LogP contribution in [0, 0.1) is 0 Å². The number of ether oxygens (including phenoxy) is 2. The third kappa shape index (κ3) is 5.77. The zero-order valence-electron chi connectivity index (χ0n) is 23.9. The number of carbonyl (C=O) groups is 2. The molecule has 3 aliphatic rings. The van der Waals surface area contributed by atoms with Gasteiger partial charge in [-0.25, -0.2) is 13.2 Å². The summed E-state index contributed by atoms with van der Waals surface area (Å²) in [6.45, 7) is 4.93. The fraction of sp³-hybridized carbons (Fsp3) is 0.464. The van der Waals surface area contributed by atoms with Gasteiger partial charge in [0.05, 0.1) is 40.5 Å². The molecule has 3 heterocycles. The summed E-state index contributed by atoms with van der Waals surface area (Å²) in [7, 11) is -3.51. The first kappa shape index (κ1) is 32.8. The number of hydrazone groups is 1. The first-order valence-electron chi connectivity index (χ1n) is 13.2. The number of alkyl halides is 3. The van der Waals surface area contributed by atoms with E-state index in [4.69, 9.17) is 44.3 Å². The molecular weight excluding hydrogens is 670 g/mol. The number of nitrogens with zero attached hydrogens (tertiary/aromatic N) is 3. The number of hydrogen-bond acceptors (Lipinski definition) is 7. The van der Waals surface area contributed by atoms with E-state index in [1.165, 1.54) is 25.7 Å². The average molecular weight is 697 g/mol. The number of hydrogen-bond donors (Lipinski definition) is 0. The summed E-state index contributed by atoms with van der Waals surface area (Å²) in [5.74, 6) is -1.16. The third-order valence-corrected chi connectivity index (χ3v) is 9.53. The Morgan fingerprint density at radius 1 is 1.07 bits per heavy atom. The number of fused-ring (bicyclic) bond motifs is 2. The van der Waals surface area contributed by atoms with Gasteiger partial charge in [0.15, 0.2) is 15.4 Å². The molecule has 9 nitrogen and oxygen atoms in total. The standard InChI is InChI=1S/C28H27Cl3F3N3O6S/c1-25(2,3)43-24(39)37-27(28(32,33)34,17-8-19(29)23(31)20(30)9-17)10-21(35-37)15-5-6-18-16(7-15)11-42-26(18)13-36(14-26)22(38)12-44(4,40)41/h5-9H,10-14H2,1-4H3. The summed E-state index contributed by atoms with van der Waals surface area (Å²) in [4.78, 5) is 27.0. The van der Waals surface area contributed by atoms with Gasteiger partial charge in [0.1, 0.15) is 17.0 Å². The molecule has 44 heavy (non-hydrogen) atoms. The van der Waals surface area contributed by atoms with Crippen molar-refractivity contribution >= 4 is 62.4 Å². The molecule has 1 unspecified atom stereocenters. The predicted molar refractivity (Wildman–Crippen MR) is 158 cm³/mol. The topological polar surface area (TPSA) is 106 Å². The summed E-state index contributed by atoms with van der Waals surface area (Å²) >= 11 is 18.3. The average Bonchev–Trinajstić information content (AvgIpc) is 3.44. The van der Waals surface area contributed by atoms with Gasteiger partial charge < -0.3 is 14.4 Å². The molecule has 0 aliphatic carbocycles. The van der Waals surface area contributed by atoms with Crippen LogP contribution in [-0.2, 0) is 41.9 Å². The lowest BCUT2D eigenvalue weighted by Gasteiger charge is -2.47. The van der Waals surface area contributed by atoms with E-state index in [1.807, 2.05) is 0 Å². The molecule has 3 aliphatic heterocycles. The molecule has 2 aromatic rings. The number of rotatable bonds is 4. The van der Waals surface area contributed by atoms with Gasteiger partial charge in [0.25, 0.3) is 0 Å². The van der Waals surface area contributed by atoms with Gasteiger partial charge >= 0.3 is 12.3 Å². The minimum atomic E-state index is -5.08. The number of halogens is 6. The second kappa shape index (κ2) is 10.8. The molecule has 0 radical (unpaired) electrons. The Bertz CT molecular complexity index is 1680. The van der Waals surface area contributed by atoms with Gasteiger partial charge in [-0.1, -0.05) is 46.9 Å². The fourth-order valence-electron chi connectivity index (χ4n) is 5.58. The van der Waals surface area contributed by atoms with E-state index in [0.717, 1.165) is 24.0 Å². The first-order valence-corrected chi connectivity index (χ1v) is 16.4. The summed E-state index contributed by atoms with van der Waals surface area (Å²) in [6.07, 6.45) is -6.22. The summed E-state index contributed by atoms with van der Waals surface area (Å²) in [5.41, 5.74) is -3.85. The van der Waals surface area contributed by atoms with E-state index in [1.54, 1.807) is 18.2 Å². The van der Waals surface area contributed by atoms with E-state index in [9.17, 15) is 18.0 Å². The first-order chi connectivity index (χ1) is 20.2. The minimum Gasteiger partial charge on any atom is -0.442 e. The Labute approximate surface area is 266 Å². The second-order valence-corrected chi connectivity index (χ2v) is 15.4. The molecule has 16 heteroatoms. The Morgan fingerprint density at radius 3 is 2.23 bits per heavy atom. The van der Waals surface area contributed by atoms with Crippen LogP contribution >= 0.6 is 34.8 Å². The second-order valence-electron chi connectivity index (χ2n) is 12.1. The lowest BCUT2D eigenvalue weighted by Crippen LogP contribution is -2.62. The highest BCUT2D eigenvalue weighted by atomic mass is 35.5. The van der Waals surface area contributed by atoms with Crippen LogP contribution in [0.25, 0.3) is 0 Å². The van der Waals surface area contributed by atoms with E-state index < -0.39 is 62.5 Å². The van der Waals surface area contributed by atoms with Crippen LogP contribution in [0.5, 0.6) is 0 Å². The lowest BCUT2D eigenvalue weighted by atomic mass is 9.81. The molecule has 1 atom stereocenters. The van der Waals surface area contributed by atoms with Crippen molar-refractivity contribution in [3.8, 4) is 0 Å². The predicted octanol–water partition coefficient (Wildman–Crippen LogP) is 6.06. The van der Waals surface area contributed by atoms with Crippen molar-refractivity contribution in [3.05, 3.63) is 67.7 Å². The van der Waals surface area contributed by atoms with Crippen LogP contribution in [0.4, 0.5) is 18.0 Å². The van der Waals surface area contributed by atoms with Gasteiger partial charge in [-0.2, -0.15) is 23.3 Å². The van der Waals surface area contributed by atoms with Crippen molar-refractivity contribution in [1.29, 1.82) is 0 Å². The maximum Gasteiger partial charge on any atom is 0.432 e. The molecule has 2 aromatic carbocycles. The maximum absolute atomic E-state index is 15.2. The summed E-state index contributed by atoms with van der Waals surface area (Å²) in [5, 5.41) is 3.84. The normalized spacial score (nSPS) is 21.3.